The summed E-state index contributed by atoms with van der Waals surface area (Å²) in [7, 11) is 0. The Morgan fingerprint density at radius 3 is 2.40 bits per heavy atom. The molecule has 1 aromatic heterocycles. The van der Waals surface area contributed by atoms with E-state index in [4.69, 9.17) is 9.94 Å². The van der Waals surface area contributed by atoms with Crippen molar-refractivity contribution in [3.63, 3.8) is 0 Å². The predicted molar refractivity (Wildman–Crippen MR) is 80.6 cm³/mol. The molecule has 1 aliphatic rings. The molecule has 1 amide bonds. The van der Waals surface area contributed by atoms with Gasteiger partial charge in [-0.25, -0.2) is 10.3 Å². The topological polar surface area (TPSA) is 116 Å². The first-order valence-electron chi connectivity index (χ1n) is 7.46. The molecule has 1 aliphatic heterocycles. The highest BCUT2D eigenvalue weighted by Gasteiger charge is 2.28. The zero-order valence-electron chi connectivity index (χ0n) is 13.4. The van der Waals surface area contributed by atoms with Crippen LogP contribution < -0.4 is 15.7 Å². The number of piperazine rings is 1. The molecule has 0 radical (unpaired) electrons. The van der Waals surface area contributed by atoms with Gasteiger partial charge in [0.2, 0.25) is 11.9 Å². The lowest BCUT2D eigenvalue weighted by Crippen LogP contribution is -2.49. The van der Waals surface area contributed by atoms with Crippen molar-refractivity contribution in [3.05, 3.63) is 0 Å². The third kappa shape index (κ3) is 5.48. The molecule has 1 saturated heterocycles. The molecule has 1 aromatic rings. The fourth-order valence-electron chi connectivity index (χ4n) is 2.12. The zero-order chi connectivity index (χ0) is 18.4. The lowest BCUT2D eigenvalue weighted by molar-refractivity contribution is -0.115. The van der Waals surface area contributed by atoms with Crippen molar-refractivity contribution in [2.45, 2.75) is 13.1 Å². The smallest absolute Gasteiger partial charge is 0.409 e. The second-order valence-electron chi connectivity index (χ2n) is 5.04. The molecule has 140 valence electrons. The first kappa shape index (κ1) is 18.8. The number of halogens is 3. The molecule has 0 spiro atoms. The maximum Gasteiger partial charge on any atom is 0.409 e. The van der Waals surface area contributed by atoms with Crippen molar-refractivity contribution in [3.8, 4) is 0 Å². The van der Waals surface area contributed by atoms with Crippen molar-refractivity contribution in [1.82, 2.24) is 19.9 Å². The van der Waals surface area contributed by atoms with Crippen LogP contribution in [0.2, 0.25) is 0 Å². The second-order valence-corrected chi connectivity index (χ2v) is 5.04. The van der Waals surface area contributed by atoms with Gasteiger partial charge in [0, 0.05) is 26.2 Å². The fraction of sp³-hybridized carbons (Fsp3) is 0.667. The first-order valence-corrected chi connectivity index (χ1v) is 7.46. The summed E-state index contributed by atoms with van der Waals surface area (Å²) in [4.78, 5) is 26.3. The molecule has 0 atom stereocenters. The van der Waals surface area contributed by atoms with Crippen LogP contribution in [0.3, 0.4) is 0 Å². The Morgan fingerprint density at radius 2 is 1.84 bits per heavy atom. The van der Waals surface area contributed by atoms with E-state index in [0.717, 1.165) is 0 Å². The van der Waals surface area contributed by atoms with Gasteiger partial charge in [0.05, 0.1) is 6.61 Å². The van der Waals surface area contributed by atoms with Crippen LogP contribution in [-0.2, 0) is 4.74 Å². The molecule has 0 unspecified atom stereocenters. The molecule has 10 nitrogen and oxygen atoms in total. The van der Waals surface area contributed by atoms with Crippen LogP contribution in [0.5, 0.6) is 0 Å². The van der Waals surface area contributed by atoms with Crippen molar-refractivity contribution in [2.75, 3.05) is 55.0 Å². The predicted octanol–water partition coefficient (Wildman–Crippen LogP) is 0.925. The van der Waals surface area contributed by atoms with Crippen molar-refractivity contribution in [1.29, 1.82) is 0 Å². The van der Waals surface area contributed by atoms with E-state index in [2.05, 4.69) is 15.0 Å². The zero-order valence-corrected chi connectivity index (χ0v) is 13.4. The highest BCUT2D eigenvalue weighted by Crippen LogP contribution is 2.18. The quantitative estimate of drug-likeness (QED) is 0.655. The second kappa shape index (κ2) is 8.00. The van der Waals surface area contributed by atoms with E-state index in [-0.39, 0.29) is 24.5 Å². The van der Waals surface area contributed by atoms with Crippen LogP contribution in [0.25, 0.3) is 0 Å². The van der Waals surface area contributed by atoms with Crippen LogP contribution in [0.15, 0.2) is 0 Å². The average molecular weight is 365 g/mol. The summed E-state index contributed by atoms with van der Waals surface area (Å²) in [5.41, 5.74) is 1.69. The number of nitrogens with zero attached hydrogens (tertiary/aromatic N) is 5. The standard InChI is InChI=1S/C12H18F3N7O3/c1-2-25-11(23)22-5-3-21(4-6-22)10-18-8(16-7-12(13,14)15)17-9(19-10)20-24/h24H,2-7H2,1H3,(H2,16,17,18,19,20). The molecule has 1 fully saturated rings. The highest BCUT2D eigenvalue weighted by molar-refractivity contribution is 5.68. The van der Waals surface area contributed by atoms with Gasteiger partial charge < -0.3 is 19.9 Å². The van der Waals surface area contributed by atoms with E-state index in [1.54, 1.807) is 17.3 Å². The minimum absolute atomic E-state index is 0.0831. The van der Waals surface area contributed by atoms with Gasteiger partial charge in [0.25, 0.3) is 5.95 Å². The minimum Gasteiger partial charge on any atom is -0.450 e. The average Bonchev–Trinajstić information content (AvgIpc) is 2.59. The molecule has 0 aliphatic carbocycles. The molecule has 0 bridgehead atoms. The Labute approximate surface area is 141 Å². The number of hydrogen-bond acceptors (Lipinski definition) is 9. The maximum atomic E-state index is 12.3. The molecule has 2 rings (SSSR count). The number of carbonyl (C=O) groups is 1. The summed E-state index contributed by atoms with van der Waals surface area (Å²) in [6.07, 6.45) is -4.87. The number of amides is 1. The molecule has 13 heteroatoms. The van der Waals surface area contributed by atoms with E-state index in [1.165, 1.54) is 4.90 Å². The Balaban J connectivity index is 2.05. The number of hydrogen-bond donors (Lipinski definition) is 3. The number of ether oxygens (including phenoxy) is 1. The van der Waals surface area contributed by atoms with Gasteiger partial charge >= 0.3 is 12.3 Å². The highest BCUT2D eigenvalue weighted by atomic mass is 19.4. The molecule has 0 saturated carbocycles. The van der Waals surface area contributed by atoms with E-state index in [9.17, 15) is 18.0 Å². The summed E-state index contributed by atoms with van der Waals surface area (Å²) in [6.45, 7) is 2.05. The molecule has 25 heavy (non-hydrogen) atoms. The lowest BCUT2D eigenvalue weighted by Gasteiger charge is -2.34. The molecule has 3 N–H and O–H groups in total. The van der Waals surface area contributed by atoms with E-state index in [0.29, 0.717) is 26.2 Å². The number of alkyl halides is 3. The third-order valence-corrected chi connectivity index (χ3v) is 3.26. The Morgan fingerprint density at radius 1 is 1.20 bits per heavy atom. The van der Waals surface area contributed by atoms with Gasteiger partial charge in [0.15, 0.2) is 0 Å². The van der Waals surface area contributed by atoms with Crippen LogP contribution in [0.4, 0.5) is 35.8 Å². The Kier molecular flexibility index (Phi) is 6.01. The van der Waals surface area contributed by atoms with Crippen LogP contribution in [0, 0.1) is 0 Å². The normalized spacial score (nSPS) is 15.1. The van der Waals surface area contributed by atoms with Gasteiger partial charge in [-0.1, -0.05) is 0 Å². The van der Waals surface area contributed by atoms with Gasteiger partial charge in [0.1, 0.15) is 6.54 Å². The van der Waals surface area contributed by atoms with E-state index in [1.807, 2.05) is 5.32 Å². The fourth-order valence-corrected chi connectivity index (χ4v) is 2.12. The lowest BCUT2D eigenvalue weighted by atomic mass is 10.3. The van der Waals surface area contributed by atoms with E-state index >= 15 is 0 Å². The summed E-state index contributed by atoms with van der Waals surface area (Å²) < 4.78 is 41.8. The van der Waals surface area contributed by atoms with Crippen LogP contribution in [0.1, 0.15) is 6.92 Å². The summed E-state index contributed by atoms with van der Waals surface area (Å²) >= 11 is 0. The molecule has 2 heterocycles. The first-order chi connectivity index (χ1) is 11.8. The van der Waals surface area contributed by atoms with Gasteiger partial charge in [-0.2, -0.15) is 28.1 Å². The number of aromatic nitrogens is 3. The molecular weight excluding hydrogens is 347 g/mol. The minimum atomic E-state index is -4.44. The summed E-state index contributed by atoms with van der Waals surface area (Å²) in [6, 6.07) is 0. The number of anilines is 3. The van der Waals surface area contributed by atoms with Gasteiger partial charge in [-0.3, -0.25) is 5.21 Å². The number of nitrogens with one attached hydrogen (secondary N) is 2. The molecular formula is C12H18F3N7O3. The third-order valence-electron chi connectivity index (χ3n) is 3.26. The van der Waals surface area contributed by atoms with Crippen molar-refractivity contribution in [2.24, 2.45) is 0 Å². The molecule has 0 aromatic carbocycles. The maximum absolute atomic E-state index is 12.3. The number of carbonyl (C=O) groups excluding carboxylic acids is 1. The SMILES string of the molecule is CCOC(=O)N1CCN(c2nc(NO)nc(NCC(F)(F)F)n2)CC1. The Hall–Kier alpha value is -2.57. The van der Waals surface area contributed by atoms with Crippen LogP contribution >= 0.6 is 0 Å². The van der Waals surface area contributed by atoms with Crippen molar-refractivity contribution >= 4 is 23.9 Å². The Bertz CT molecular complexity index is 594. The van der Waals surface area contributed by atoms with Gasteiger partial charge in [-0.15, -0.1) is 0 Å². The van der Waals surface area contributed by atoms with Crippen molar-refractivity contribution < 1.29 is 27.9 Å². The van der Waals surface area contributed by atoms with Gasteiger partial charge in [-0.05, 0) is 6.92 Å². The summed E-state index contributed by atoms with van der Waals surface area (Å²) in [5.74, 6) is -0.533. The van der Waals surface area contributed by atoms with Crippen LogP contribution in [-0.4, -0.2) is 76.7 Å². The monoisotopic (exact) mass is 365 g/mol. The number of rotatable bonds is 5. The largest absolute Gasteiger partial charge is 0.450 e. The summed E-state index contributed by atoms with van der Waals surface area (Å²) in [5, 5.41) is 11.0. The van der Waals surface area contributed by atoms with E-state index < -0.39 is 18.8 Å².